The first-order chi connectivity index (χ1) is 5.22. The van der Waals surface area contributed by atoms with Crippen LogP contribution in [0.5, 0.6) is 0 Å². The van der Waals surface area contributed by atoms with Crippen molar-refractivity contribution in [1.82, 2.24) is 10.2 Å². The highest BCUT2D eigenvalue weighted by Crippen LogP contribution is 1.77. The van der Waals surface area contributed by atoms with E-state index in [1.54, 1.807) is 14.2 Å². The predicted molar refractivity (Wildman–Crippen MR) is 62.3 cm³/mol. The normalized spacial score (nSPS) is 10.5. The zero-order valence-electron chi connectivity index (χ0n) is 8.13. The quantitative estimate of drug-likeness (QED) is 0.353. The van der Waals surface area contributed by atoms with Gasteiger partial charge in [-0.05, 0) is 0 Å². The number of hydrogen-bond acceptors (Lipinski definition) is 2. The second-order valence-corrected chi connectivity index (χ2v) is 2.36. The summed E-state index contributed by atoms with van der Waals surface area (Å²) in [7, 11) is 7.33. The molecule has 0 saturated carbocycles. The number of methoxy groups -OCH3 is 1. The van der Waals surface area contributed by atoms with Crippen molar-refractivity contribution < 1.29 is 4.74 Å². The maximum absolute atomic E-state index is 4.88. The maximum Gasteiger partial charge on any atom is 0.193 e. The minimum atomic E-state index is 0. The van der Waals surface area contributed by atoms with Gasteiger partial charge in [-0.1, -0.05) is 0 Å². The second-order valence-electron chi connectivity index (χ2n) is 2.36. The van der Waals surface area contributed by atoms with Crippen molar-refractivity contribution >= 4 is 29.9 Å². The number of nitrogens with one attached hydrogen (secondary N) is 1. The van der Waals surface area contributed by atoms with Crippen LogP contribution in [0.3, 0.4) is 0 Å². The van der Waals surface area contributed by atoms with Crippen LogP contribution in [0.15, 0.2) is 4.99 Å². The average molecular weight is 287 g/mol. The van der Waals surface area contributed by atoms with E-state index in [2.05, 4.69) is 10.3 Å². The Morgan fingerprint density at radius 1 is 1.50 bits per heavy atom. The van der Waals surface area contributed by atoms with E-state index >= 15 is 0 Å². The molecule has 0 aliphatic rings. The molecule has 0 unspecified atom stereocenters. The maximum atomic E-state index is 4.88. The van der Waals surface area contributed by atoms with E-state index in [0.29, 0.717) is 6.61 Å². The molecule has 4 nitrogen and oxygen atoms in total. The Hall–Kier alpha value is -0.0400. The fourth-order valence-electron chi connectivity index (χ4n) is 0.702. The van der Waals surface area contributed by atoms with Crippen molar-refractivity contribution in [1.29, 1.82) is 0 Å². The van der Waals surface area contributed by atoms with E-state index in [-0.39, 0.29) is 24.0 Å². The molecule has 0 aliphatic carbocycles. The van der Waals surface area contributed by atoms with Crippen molar-refractivity contribution in [3.8, 4) is 0 Å². The number of guanidine groups is 1. The SMILES string of the molecule is CN=C(NCCOC)N(C)C.I. The van der Waals surface area contributed by atoms with E-state index in [1.165, 1.54) is 0 Å². The third kappa shape index (κ3) is 6.66. The molecule has 0 fully saturated rings. The summed E-state index contributed by atoms with van der Waals surface area (Å²) in [4.78, 5) is 5.96. The van der Waals surface area contributed by atoms with Gasteiger partial charge in [-0.25, -0.2) is 0 Å². The van der Waals surface area contributed by atoms with Crippen molar-refractivity contribution in [2.24, 2.45) is 4.99 Å². The van der Waals surface area contributed by atoms with E-state index in [1.807, 2.05) is 19.0 Å². The highest BCUT2D eigenvalue weighted by molar-refractivity contribution is 14.0. The summed E-state index contributed by atoms with van der Waals surface area (Å²) < 4.78 is 4.88. The van der Waals surface area contributed by atoms with Gasteiger partial charge in [-0.2, -0.15) is 0 Å². The second kappa shape index (κ2) is 9.05. The number of nitrogens with zero attached hydrogens (tertiary/aromatic N) is 2. The molecular formula is C7H18IN3O. The van der Waals surface area contributed by atoms with Crippen LogP contribution in [0.2, 0.25) is 0 Å². The lowest BCUT2D eigenvalue weighted by molar-refractivity contribution is 0.203. The van der Waals surface area contributed by atoms with Crippen LogP contribution in [0.4, 0.5) is 0 Å². The molecule has 0 aromatic carbocycles. The van der Waals surface area contributed by atoms with E-state index < -0.39 is 0 Å². The van der Waals surface area contributed by atoms with Crippen molar-refractivity contribution in [3.63, 3.8) is 0 Å². The van der Waals surface area contributed by atoms with Crippen LogP contribution >= 0.6 is 24.0 Å². The minimum Gasteiger partial charge on any atom is -0.383 e. The zero-order chi connectivity index (χ0) is 8.69. The van der Waals surface area contributed by atoms with Gasteiger partial charge < -0.3 is 15.0 Å². The largest absolute Gasteiger partial charge is 0.383 e. The van der Waals surface area contributed by atoms with Crippen LogP contribution in [-0.4, -0.2) is 52.3 Å². The number of halogens is 1. The van der Waals surface area contributed by atoms with Crippen molar-refractivity contribution in [3.05, 3.63) is 0 Å². The van der Waals surface area contributed by atoms with E-state index in [9.17, 15) is 0 Å². The molecule has 0 atom stereocenters. The third-order valence-electron chi connectivity index (χ3n) is 1.22. The molecule has 0 aromatic heterocycles. The fraction of sp³-hybridized carbons (Fsp3) is 0.857. The molecule has 74 valence electrons. The summed E-state index contributed by atoms with van der Waals surface area (Å²) in [5.74, 6) is 0.877. The molecule has 1 N–H and O–H groups in total. The molecule has 0 amide bonds. The van der Waals surface area contributed by atoms with Crippen LogP contribution in [0.1, 0.15) is 0 Å². The molecule has 5 heteroatoms. The standard InChI is InChI=1S/C7H17N3O.HI/c1-8-7(10(2)3)9-5-6-11-4;/h5-6H2,1-4H3,(H,8,9);1H. The zero-order valence-corrected chi connectivity index (χ0v) is 10.5. The monoisotopic (exact) mass is 287 g/mol. The fourth-order valence-corrected chi connectivity index (χ4v) is 0.702. The van der Waals surface area contributed by atoms with Gasteiger partial charge in [0.25, 0.3) is 0 Å². The van der Waals surface area contributed by atoms with Gasteiger partial charge in [0.05, 0.1) is 6.61 Å². The molecule has 0 saturated heterocycles. The Kier molecular flexibility index (Phi) is 10.9. The predicted octanol–water partition coefficient (Wildman–Crippen LogP) is 0.388. The van der Waals surface area contributed by atoms with Crippen LogP contribution in [0, 0.1) is 0 Å². The lowest BCUT2D eigenvalue weighted by Crippen LogP contribution is -2.37. The Balaban J connectivity index is 0. The summed E-state index contributed by atoms with van der Waals surface area (Å²) in [5, 5.41) is 3.12. The van der Waals surface area contributed by atoms with Gasteiger partial charge >= 0.3 is 0 Å². The first-order valence-corrected chi connectivity index (χ1v) is 3.59. The molecule has 0 aromatic rings. The Morgan fingerprint density at radius 3 is 2.42 bits per heavy atom. The molecule has 0 heterocycles. The number of ether oxygens (including phenoxy) is 1. The van der Waals surface area contributed by atoms with E-state index in [0.717, 1.165) is 12.5 Å². The minimum absolute atomic E-state index is 0. The molecule has 0 spiro atoms. The highest BCUT2D eigenvalue weighted by Gasteiger charge is 1.96. The van der Waals surface area contributed by atoms with Crippen LogP contribution < -0.4 is 5.32 Å². The molecule has 0 bridgehead atoms. The molecule has 0 radical (unpaired) electrons. The Labute approximate surface area is 91.4 Å². The van der Waals surface area contributed by atoms with Gasteiger partial charge in [0, 0.05) is 34.8 Å². The topological polar surface area (TPSA) is 36.9 Å². The Morgan fingerprint density at radius 2 is 2.08 bits per heavy atom. The van der Waals surface area contributed by atoms with Crippen molar-refractivity contribution in [2.45, 2.75) is 0 Å². The number of rotatable bonds is 3. The molecular weight excluding hydrogens is 269 g/mol. The van der Waals surface area contributed by atoms with Gasteiger partial charge in [0.1, 0.15) is 0 Å². The third-order valence-corrected chi connectivity index (χ3v) is 1.22. The summed E-state index contributed by atoms with van der Waals surface area (Å²) in [6, 6.07) is 0. The average Bonchev–Trinajstić information content (AvgIpc) is 1.97. The molecule has 12 heavy (non-hydrogen) atoms. The van der Waals surface area contributed by atoms with Gasteiger partial charge in [-0.3, -0.25) is 4.99 Å². The van der Waals surface area contributed by atoms with Crippen LogP contribution in [0.25, 0.3) is 0 Å². The summed E-state index contributed by atoms with van der Waals surface area (Å²) in [6.45, 7) is 1.49. The lowest BCUT2D eigenvalue weighted by atomic mass is 10.6. The van der Waals surface area contributed by atoms with Gasteiger partial charge in [0.2, 0.25) is 0 Å². The molecule has 0 aliphatic heterocycles. The lowest BCUT2D eigenvalue weighted by Gasteiger charge is -2.16. The van der Waals surface area contributed by atoms with Gasteiger partial charge in [-0.15, -0.1) is 24.0 Å². The number of hydrogen-bond donors (Lipinski definition) is 1. The summed E-state index contributed by atoms with van der Waals surface area (Å²) in [5.41, 5.74) is 0. The van der Waals surface area contributed by atoms with Crippen molar-refractivity contribution in [2.75, 3.05) is 41.4 Å². The van der Waals surface area contributed by atoms with E-state index in [4.69, 9.17) is 4.74 Å². The highest BCUT2D eigenvalue weighted by atomic mass is 127. The number of aliphatic imine (C=N–C) groups is 1. The first-order valence-electron chi connectivity index (χ1n) is 3.59. The van der Waals surface area contributed by atoms with Crippen LogP contribution in [-0.2, 0) is 4.74 Å². The Bertz CT molecular complexity index is 128. The summed E-state index contributed by atoms with van der Waals surface area (Å²) in [6.07, 6.45) is 0. The smallest absolute Gasteiger partial charge is 0.193 e. The van der Waals surface area contributed by atoms with Gasteiger partial charge in [0.15, 0.2) is 5.96 Å². The first kappa shape index (κ1) is 14.5. The summed E-state index contributed by atoms with van der Waals surface area (Å²) >= 11 is 0. The molecule has 0 rings (SSSR count).